The molecule has 4 heteroatoms. The van der Waals surface area contributed by atoms with Crippen LogP contribution in [0.3, 0.4) is 0 Å². The minimum Gasteiger partial charge on any atom is -0.233 e. The maximum Gasteiger partial charge on any atom is 0.164 e. The Balaban J connectivity index is 2.42. The summed E-state index contributed by atoms with van der Waals surface area (Å²) in [5, 5.41) is 6.65. The molecule has 0 N–H and O–H groups in total. The predicted molar refractivity (Wildman–Crippen MR) is 70.5 cm³/mol. The number of aromatic nitrogens is 3. The quantitative estimate of drug-likeness (QED) is 0.656. The maximum absolute atomic E-state index is 4.62. The van der Waals surface area contributed by atoms with Gasteiger partial charge < -0.3 is 0 Å². The van der Waals surface area contributed by atoms with Crippen LogP contribution in [0.4, 0.5) is 0 Å². The Kier molecular flexibility index (Phi) is 2.26. The van der Waals surface area contributed by atoms with Crippen molar-refractivity contribution in [1.82, 2.24) is 14.6 Å². The summed E-state index contributed by atoms with van der Waals surface area (Å²) in [5.74, 6) is 0. The van der Waals surface area contributed by atoms with Crippen molar-refractivity contribution in [2.24, 2.45) is 0 Å². The molecule has 0 radical (unpaired) electrons. The smallest absolute Gasteiger partial charge is 0.164 e. The molecule has 86 valence electrons. The molecule has 0 fully saturated rings. The number of hydrogen-bond acceptors (Lipinski definition) is 3. The van der Waals surface area contributed by atoms with Crippen molar-refractivity contribution in [3.05, 3.63) is 40.7 Å². The topological polar surface area (TPSA) is 30.2 Å². The van der Waals surface area contributed by atoms with E-state index in [2.05, 4.69) is 40.6 Å². The van der Waals surface area contributed by atoms with E-state index in [0.29, 0.717) is 0 Å². The molecule has 0 spiro atoms. The Morgan fingerprint density at radius 3 is 2.76 bits per heavy atom. The van der Waals surface area contributed by atoms with E-state index in [1.165, 1.54) is 4.88 Å². The average molecular weight is 243 g/mol. The molecule has 0 aliphatic rings. The fraction of sp³-hybridized carbons (Fsp3) is 0.231. The molecule has 0 saturated heterocycles. The molecule has 0 aromatic carbocycles. The Morgan fingerprint density at radius 1 is 1.24 bits per heavy atom. The Morgan fingerprint density at radius 2 is 2.06 bits per heavy atom. The normalized spacial score (nSPS) is 11.2. The lowest BCUT2D eigenvalue weighted by Gasteiger charge is -2.01. The Hall–Kier alpha value is -1.68. The highest BCUT2D eigenvalue weighted by molar-refractivity contribution is 7.13. The van der Waals surface area contributed by atoms with Gasteiger partial charge in [-0.2, -0.15) is 5.10 Å². The predicted octanol–water partition coefficient (Wildman–Crippen LogP) is 3.38. The number of aryl methyl sites for hydroxylation is 3. The zero-order chi connectivity index (χ0) is 12.0. The molecular formula is C13H13N3S. The Bertz CT molecular complexity index is 680. The summed E-state index contributed by atoms with van der Waals surface area (Å²) in [5.41, 5.74) is 5.31. The Labute approximate surface area is 104 Å². The van der Waals surface area contributed by atoms with E-state index in [1.807, 2.05) is 18.4 Å². The second kappa shape index (κ2) is 3.67. The van der Waals surface area contributed by atoms with Crippen molar-refractivity contribution in [3.8, 4) is 10.4 Å². The van der Waals surface area contributed by atoms with Gasteiger partial charge in [-0.3, -0.25) is 0 Å². The van der Waals surface area contributed by atoms with Crippen LogP contribution >= 0.6 is 11.3 Å². The van der Waals surface area contributed by atoms with Crippen LogP contribution in [0.5, 0.6) is 0 Å². The van der Waals surface area contributed by atoms with Gasteiger partial charge in [0.2, 0.25) is 0 Å². The molecule has 0 amide bonds. The highest BCUT2D eigenvalue weighted by atomic mass is 32.1. The first-order valence-electron chi connectivity index (χ1n) is 5.54. The number of hydrogen-bond donors (Lipinski definition) is 0. The lowest BCUT2D eigenvalue weighted by atomic mass is 10.2. The van der Waals surface area contributed by atoms with Crippen molar-refractivity contribution in [2.75, 3.05) is 0 Å². The van der Waals surface area contributed by atoms with Gasteiger partial charge in [0.05, 0.1) is 11.3 Å². The molecule has 3 heterocycles. The van der Waals surface area contributed by atoms with Crippen LogP contribution in [0.1, 0.15) is 17.1 Å². The van der Waals surface area contributed by atoms with Gasteiger partial charge in [-0.1, -0.05) is 6.07 Å². The van der Waals surface area contributed by atoms with Crippen LogP contribution in [-0.4, -0.2) is 14.6 Å². The molecule has 3 aromatic rings. The summed E-state index contributed by atoms with van der Waals surface area (Å²) in [6.07, 6.45) is 0. The third kappa shape index (κ3) is 1.56. The van der Waals surface area contributed by atoms with Gasteiger partial charge in [0.1, 0.15) is 0 Å². The highest BCUT2D eigenvalue weighted by Gasteiger charge is 2.14. The second-order valence-corrected chi connectivity index (χ2v) is 5.16. The molecule has 3 aromatic heterocycles. The van der Waals surface area contributed by atoms with Crippen LogP contribution in [-0.2, 0) is 0 Å². The van der Waals surface area contributed by atoms with E-state index in [9.17, 15) is 0 Å². The van der Waals surface area contributed by atoms with Gasteiger partial charge in [-0.25, -0.2) is 9.50 Å². The first-order chi connectivity index (χ1) is 8.16. The second-order valence-electron chi connectivity index (χ2n) is 4.21. The van der Waals surface area contributed by atoms with E-state index >= 15 is 0 Å². The number of rotatable bonds is 1. The van der Waals surface area contributed by atoms with Crippen molar-refractivity contribution in [1.29, 1.82) is 0 Å². The number of nitrogens with zero attached hydrogens (tertiary/aromatic N) is 3. The molecule has 0 atom stereocenters. The molecule has 3 nitrogen and oxygen atoms in total. The SMILES string of the molecule is Cc1cc(C)n2nc(C)c(-c3cccs3)c2n1. The highest BCUT2D eigenvalue weighted by Crippen LogP contribution is 2.31. The summed E-state index contributed by atoms with van der Waals surface area (Å²) < 4.78 is 1.93. The van der Waals surface area contributed by atoms with Gasteiger partial charge in [0.25, 0.3) is 0 Å². The molecule has 3 rings (SSSR count). The molecule has 0 saturated carbocycles. The maximum atomic E-state index is 4.62. The first-order valence-corrected chi connectivity index (χ1v) is 6.42. The summed E-state index contributed by atoms with van der Waals surface area (Å²) in [6, 6.07) is 6.23. The van der Waals surface area contributed by atoms with Crippen molar-refractivity contribution in [3.63, 3.8) is 0 Å². The van der Waals surface area contributed by atoms with E-state index in [1.54, 1.807) is 11.3 Å². The zero-order valence-electron chi connectivity index (χ0n) is 10.1. The molecular weight excluding hydrogens is 230 g/mol. The van der Waals surface area contributed by atoms with Crippen molar-refractivity contribution < 1.29 is 0 Å². The number of thiophene rings is 1. The minimum absolute atomic E-state index is 0.961. The van der Waals surface area contributed by atoms with Crippen LogP contribution in [0.2, 0.25) is 0 Å². The molecule has 17 heavy (non-hydrogen) atoms. The van der Waals surface area contributed by atoms with Crippen LogP contribution in [0.15, 0.2) is 23.6 Å². The van der Waals surface area contributed by atoms with Gasteiger partial charge >= 0.3 is 0 Å². The summed E-state index contributed by atoms with van der Waals surface area (Å²) in [4.78, 5) is 5.85. The van der Waals surface area contributed by atoms with E-state index < -0.39 is 0 Å². The van der Waals surface area contributed by atoms with Crippen LogP contribution in [0, 0.1) is 20.8 Å². The monoisotopic (exact) mass is 243 g/mol. The third-order valence-electron chi connectivity index (χ3n) is 2.84. The molecule has 0 bridgehead atoms. The number of fused-ring (bicyclic) bond motifs is 1. The van der Waals surface area contributed by atoms with Crippen LogP contribution in [0.25, 0.3) is 16.1 Å². The van der Waals surface area contributed by atoms with Crippen LogP contribution < -0.4 is 0 Å². The fourth-order valence-corrected chi connectivity index (χ4v) is 2.95. The summed E-state index contributed by atoms with van der Waals surface area (Å²) in [7, 11) is 0. The molecule has 0 aliphatic carbocycles. The van der Waals surface area contributed by atoms with E-state index in [4.69, 9.17) is 0 Å². The lowest BCUT2D eigenvalue weighted by molar-refractivity contribution is 0.870. The first kappa shape index (κ1) is 10.5. The largest absolute Gasteiger partial charge is 0.233 e. The standard InChI is InChI=1S/C13H13N3S/c1-8-7-9(2)16-13(14-8)12(10(3)15-16)11-5-4-6-17-11/h4-7H,1-3H3. The fourth-order valence-electron chi connectivity index (χ4n) is 2.14. The third-order valence-corrected chi connectivity index (χ3v) is 3.73. The van der Waals surface area contributed by atoms with Gasteiger partial charge in [0.15, 0.2) is 5.65 Å². The minimum atomic E-state index is 0.961. The van der Waals surface area contributed by atoms with Gasteiger partial charge in [-0.15, -0.1) is 11.3 Å². The zero-order valence-corrected chi connectivity index (χ0v) is 10.9. The summed E-state index contributed by atoms with van der Waals surface area (Å²) in [6.45, 7) is 6.12. The molecule has 0 aliphatic heterocycles. The van der Waals surface area contributed by atoms with Gasteiger partial charge in [0, 0.05) is 16.3 Å². The van der Waals surface area contributed by atoms with E-state index in [0.717, 1.165) is 28.3 Å². The van der Waals surface area contributed by atoms with E-state index in [-0.39, 0.29) is 0 Å². The van der Waals surface area contributed by atoms with Crippen molar-refractivity contribution >= 4 is 17.0 Å². The lowest BCUT2D eigenvalue weighted by Crippen LogP contribution is -1.97. The molecule has 0 unspecified atom stereocenters. The average Bonchev–Trinajstić information content (AvgIpc) is 2.84. The van der Waals surface area contributed by atoms with Crippen molar-refractivity contribution in [2.45, 2.75) is 20.8 Å². The summed E-state index contributed by atoms with van der Waals surface area (Å²) >= 11 is 1.73. The van der Waals surface area contributed by atoms with Gasteiger partial charge in [-0.05, 0) is 38.3 Å².